The number of likely N-dealkylation sites (tertiary alicyclic amines) is 1. The Kier molecular flexibility index (Phi) is 6.06. The minimum Gasteiger partial charge on any atom is -0.299 e. The van der Waals surface area contributed by atoms with E-state index in [1.165, 1.54) is 43.0 Å². The molecule has 1 N–H and O–H groups in total. The molecule has 0 spiro atoms. The van der Waals surface area contributed by atoms with Gasteiger partial charge >= 0.3 is 0 Å². The number of hydrogen-bond donors (Lipinski definition) is 1. The Labute approximate surface area is 155 Å². The largest absolute Gasteiger partial charge is 0.299 e. The third kappa shape index (κ3) is 4.90. The molecule has 2 aromatic rings. The van der Waals surface area contributed by atoms with Crippen molar-refractivity contribution in [3.63, 3.8) is 0 Å². The van der Waals surface area contributed by atoms with Gasteiger partial charge in [-0.1, -0.05) is 30.7 Å². The summed E-state index contributed by atoms with van der Waals surface area (Å²) < 4.78 is 40.8. The smallest absolute Gasteiger partial charge is 0.241 e. The van der Waals surface area contributed by atoms with Crippen molar-refractivity contribution in [2.75, 3.05) is 13.1 Å². The summed E-state index contributed by atoms with van der Waals surface area (Å²) >= 11 is 0. The normalized spacial score (nSPS) is 15.9. The highest BCUT2D eigenvalue weighted by Gasteiger charge is 2.17. The maximum Gasteiger partial charge on any atom is 0.241 e. The Morgan fingerprint density at radius 3 is 2.50 bits per heavy atom. The lowest BCUT2D eigenvalue weighted by Crippen LogP contribution is -2.29. The van der Waals surface area contributed by atoms with E-state index in [9.17, 15) is 12.8 Å². The Balaban J connectivity index is 1.66. The molecule has 26 heavy (non-hydrogen) atoms. The van der Waals surface area contributed by atoms with Crippen LogP contribution in [0.2, 0.25) is 0 Å². The zero-order valence-electron chi connectivity index (χ0n) is 15.0. The number of sulfonamides is 1. The van der Waals surface area contributed by atoms with Gasteiger partial charge in [-0.15, -0.1) is 0 Å². The number of aryl methyl sites for hydroxylation is 1. The molecule has 6 heteroatoms. The van der Waals surface area contributed by atoms with Crippen LogP contribution >= 0.6 is 0 Å². The van der Waals surface area contributed by atoms with Gasteiger partial charge in [0.05, 0.1) is 4.90 Å². The molecule has 0 radical (unpaired) electrons. The van der Waals surface area contributed by atoms with E-state index in [1.807, 2.05) is 12.1 Å². The fourth-order valence-corrected chi connectivity index (χ4v) is 4.63. The van der Waals surface area contributed by atoms with Crippen LogP contribution in [0.25, 0.3) is 0 Å². The number of rotatable bonds is 6. The highest BCUT2D eigenvalue weighted by molar-refractivity contribution is 7.89. The van der Waals surface area contributed by atoms with Crippen LogP contribution in [0.4, 0.5) is 4.39 Å². The minimum atomic E-state index is -3.67. The van der Waals surface area contributed by atoms with Crippen molar-refractivity contribution < 1.29 is 12.8 Å². The highest BCUT2D eigenvalue weighted by atomic mass is 32.2. The number of nitrogens with zero attached hydrogens (tertiary/aromatic N) is 1. The van der Waals surface area contributed by atoms with E-state index in [0.717, 1.165) is 25.2 Å². The van der Waals surface area contributed by atoms with Crippen molar-refractivity contribution in [3.05, 3.63) is 65.0 Å². The molecule has 4 nitrogen and oxygen atoms in total. The molecule has 0 unspecified atom stereocenters. The molecule has 0 amide bonds. The van der Waals surface area contributed by atoms with E-state index in [-0.39, 0.29) is 11.4 Å². The molecule has 2 aromatic carbocycles. The number of halogens is 1. The maximum atomic E-state index is 13.2. The summed E-state index contributed by atoms with van der Waals surface area (Å²) in [5, 5.41) is 0. The lowest BCUT2D eigenvalue weighted by atomic mass is 10.1. The van der Waals surface area contributed by atoms with Crippen molar-refractivity contribution in [2.45, 2.75) is 44.2 Å². The molecule has 140 valence electrons. The zero-order chi connectivity index (χ0) is 18.6. The van der Waals surface area contributed by atoms with E-state index in [0.29, 0.717) is 5.56 Å². The van der Waals surface area contributed by atoms with Gasteiger partial charge in [-0.05, 0) is 67.7 Å². The first-order chi connectivity index (χ1) is 12.4. The van der Waals surface area contributed by atoms with E-state index < -0.39 is 15.8 Å². The molecule has 1 aliphatic heterocycles. The molecule has 3 rings (SSSR count). The van der Waals surface area contributed by atoms with Crippen molar-refractivity contribution in [1.29, 1.82) is 0 Å². The van der Waals surface area contributed by atoms with Gasteiger partial charge in [0.1, 0.15) is 5.82 Å². The molecule has 0 atom stereocenters. The van der Waals surface area contributed by atoms with Gasteiger partial charge in [0.15, 0.2) is 0 Å². The first-order valence-electron chi connectivity index (χ1n) is 9.00. The monoisotopic (exact) mass is 376 g/mol. The summed E-state index contributed by atoms with van der Waals surface area (Å²) in [4.78, 5) is 2.55. The first-order valence-corrected chi connectivity index (χ1v) is 10.5. The molecule has 1 fully saturated rings. The van der Waals surface area contributed by atoms with Crippen LogP contribution in [0.15, 0.2) is 47.4 Å². The predicted molar refractivity (Wildman–Crippen MR) is 101 cm³/mol. The summed E-state index contributed by atoms with van der Waals surface area (Å²) in [5.41, 5.74) is 2.51. The zero-order valence-corrected chi connectivity index (χ0v) is 15.9. The Hall–Kier alpha value is -1.76. The Bertz CT molecular complexity index is 862. The van der Waals surface area contributed by atoms with Gasteiger partial charge in [-0.3, -0.25) is 4.90 Å². The lowest BCUT2D eigenvalue weighted by Gasteiger charge is -2.26. The maximum absolute atomic E-state index is 13.2. The van der Waals surface area contributed by atoms with Crippen molar-refractivity contribution >= 4 is 10.0 Å². The molecule has 1 heterocycles. The molecule has 1 aliphatic rings. The van der Waals surface area contributed by atoms with Gasteiger partial charge in [0.2, 0.25) is 10.0 Å². The Morgan fingerprint density at radius 2 is 1.77 bits per heavy atom. The van der Waals surface area contributed by atoms with E-state index in [2.05, 4.69) is 21.8 Å². The Morgan fingerprint density at radius 1 is 1.04 bits per heavy atom. The fourth-order valence-electron chi connectivity index (χ4n) is 3.38. The van der Waals surface area contributed by atoms with E-state index in [4.69, 9.17) is 0 Å². The molecule has 0 aliphatic carbocycles. The number of benzene rings is 2. The third-order valence-electron chi connectivity index (χ3n) is 4.74. The quantitative estimate of drug-likeness (QED) is 0.838. The summed E-state index contributed by atoms with van der Waals surface area (Å²) in [5.74, 6) is -0.438. The van der Waals surface area contributed by atoms with Crippen LogP contribution in [-0.2, 0) is 23.1 Å². The van der Waals surface area contributed by atoms with Crippen LogP contribution in [0.3, 0.4) is 0 Å². The van der Waals surface area contributed by atoms with E-state index >= 15 is 0 Å². The van der Waals surface area contributed by atoms with Gasteiger partial charge in [0, 0.05) is 13.1 Å². The molecule has 0 bridgehead atoms. The number of nitrogens with one attached hydrogen (secondary N) is 1. The molecule has 0 saturated carbocycles. The summed E-state index contributed by atoms with van der Waals surface area (Å²) in [7, 11) is -3.67. The van der Waals surface area contributed by atoms with Gasteiger partial charge < -0.3 is 0 Å². The fraction of sp³-hybridized carbons (Fsp3) is 0.400. The standard InChI is InChI=1S/C20H25FN2O2S/c1-16-12-19(21)8-9-20(16)26(24,25)22-14-17-6-5-7-18(13-17)15-23-10-3-2-4-11-23/h5-9,12-13,22H,2-4,10-11,14-15H2,1H3. The van der Waals surface area contributed by atoms with E-state index in [1.54, 1.807) is 6.92 Å². The van der Waals surface area contributed by atoms with Gasteiger partial charge in [0.25, 0.3) is 0 Å². The molecular weight excluding hydrogens is 351 g/mol. The number of hydrogen-bond acceptors (Lipinski definition) is 3. The second-order valence-electron chi connectivity index (χ2n) is 6.89. The SMILES string of the molecule is Cc1cc(F)ccc1S(=O)(=O)NCc1cccc(CN2CCCCC2)c1. The molecular formula is C20H25FN2O2S. The topological polar surface area (TPSA) is 49.4 Å². The third-order valence-corrected chi connectivity index (χ3v) is 6.30. The van der Waals surface area contributed by atoms with Gasteiger partial charge in [-0.25, -0.2) is 17.5 Å². The molecule has 0 aromatic heterocycles. The average Bonchev–Trinajstić information content (AvgIpc) is 2.61. The highest BCUT2D eigenvalue weighted by Crippen LogP contribution is 2.17. The average molecular weight is 376 g/mol. The van der Waals surface area contributed by atoms with Crippen LogP contribution in [0, 0.1) is 12.7 Å². The molecule has 1 saturated heterocycles. The summed E-state index contributed by atoms with van der Waals surface area (Å²) in [6.45, 7) is 4.96. The second kappa shape index (κ2) is 8.29. The first kappa shape index (κ1) is 19.0. The van der Waals surface area contributed by atoms with Crippen molar-refractivity contribution in [2.24, 2.45) is 0 Å². The lowest BCUT2D eigenvalue weighted by molar-refractivity contribution is 0.221. The number of piperidine rings is 1. The predicted octanol–water partition coefficient (Wildman–Crippen LogP) is 3.60. The van der Waals surface area contributed by atoms with Crippen molar-refractivity contribution in [1.82, 2.24) is 9.62 Å². The van der Waals surface area contributed by atoms with Crippen LogP contribution in [0.1, 0.15) is 36.0 Å². The van der Waals surface area contributed by atoms with Crippen LogP contribution in [0.5, 0.6) is 0 Å². The summed E-state index contributed by atoms with van der Waals surface area (Å²) in [6, 6.07) is 11.7. The minimum absolute atomic E-state index is 0.114. The van der Waals surface area contributed by atoms with Gasteiger partial charge in [-0.2, -0.15) is 0 Å². The second-order valence-corrected chi connectivity index (χ2v) is 8.63. The van der Waals surface area contributed by atoms with Crippen LogP contribution in [-0.4, -0.2) is 26.4 Å². The van der Waals surface area contributed by atoms with Crippen LogP contribution < -0.4 is 4.72 Å². The van der Waals surface area contributed by atoms with Crippen molar-refractivity contribution in [3.8, 4) is 0 Å². The summed E-state index contributed by atoms with van der Waals surface area (Å²) in [6.07, 6.45) is 3.80.